The fourth-order valence-electron chi connectivity index (χ4n) is 12.6. The maximum Gasteiger partial charge on any atom is 0.254 e. The van der Waals surface area contributed by atoms with Gasteiger partial charge >= 0.3 is 0 Å². The van der Waals surface area contributed by atoms with Gasteiger partial charge in [-0.2, -0.15) is 0 Å². The quantitative estimate of drug-likeness (QED) is 0.0352. The van der Waals surface area contributed by atoms with Crippen molar-refractivity contribution in [3.63, 3.8) is 0 Å². The predicted molar refractivity (Wildman–Crippen MR) is 425 cm³/mol. The molecule has 2 aliphatic heterocycles. The number of carbonyl (C=O) groups is 3. The van der Waals surface area contributed by atoms with Crippen molar-refractivity contribution in [1.29, 1.82) is 0 Å². The molecule has 0 fully saturated rings. The van der Waals surface area contributed by atoms with Crippen LogP contribution in [-0.2, 0) is 28.4 Å². The second-order valence-corrected chi connectivity index (χ2v) is 29.1. The summed E-state index contributed by atoms with van der Waals surface area (Å²) in [7, 11) is 0. The molecule has 0 atom stereocenters. The van der Waals surface area contributed by atoms with Gasteiger partial charge in [-0.3, -0.25) is 14.4 Å². The van der Waals surface area contributed by atoms with Crippen molar-refractivity contribution in [3.05, 3.63) is 193 Å². The molecule has 8 aromatic carbocycles. The van der Waals surface area contributed by atoms with E-state index in [9.17, 15) is 14.4 Å². The van der Waals surface area contributed by atoms with E-state index in [-0.39, 0.29) is 17.7 Å². The minimum Gasteiger partial charge on any atom is -0.380 e. The van der Waals surface area contributed by atoms with Gasteiger partial charge in [0.2, 0.25) is 0 Å². The van der Waals surface area contributed by atoms with E-state index < -0.39 is 0 Å². The molecule has 0 saturated carbocycles. The molecule has 20 nitrogen and oxygen atoms in total. The first-order chi connectivity index (χ1) is 52.5. The largest absolute Gasteiger partial charge is 0.380 e. The van der Waals surface area contributed by atoms with Crippen LogP contribution in [0.5, 0.6) is 0 Å². The molecular weight excluding hydrogens is 1420 g/mol. The zero-order valence-corrected chi connectivity index (χ0v) is 64.1. The van der Waals surface area contributed by atoms with Crippen molar-refractivity contribution in [2.24, 2.45) is 0 Å². The summed E-state index contributed by atoms with van der Waals surface area (Å²) in [5.41, 5.74) is 6.77. The molecule has 0 spiro atoms. The molecule has 0 aliphatic carbocycles. The Morgan fingerprint density at radius 3 is 0.944 bits per heavy atom. The third-order valence-corrected chi connectivity index (χ3v) is 22.1. The molecular formula is C83H85N11O9S4. The Morgan fingerprint density at radius 1 is 0.308 bits per heavy atom. The lowest BCUT2D eigenvalue weighted by molar-refractivity contribution is 0.0547. The number of fused-ring (bicyclic) bond motifs is 20. The number of aromatic amines is 2. The second-order valence-electron chi connectivity index (χ2n) is 24.7. The first kappa shape index (κ1) is 75.9. The molecule has 13 rings (SSSR count). The highest BCUT2D eigenvalue weighted by atomic mass is 32.2. The zero-order chi connectivity index (χ0) is 74.0. The zero-order valence-electron chi connectivity index (χ0n) is 60.8. The van der Waals surface area contributed by atoms with Gasteiger partial charge in [-0.15, -0.1) is 0 Å². The van der Waals surface area contributed by atoms with E-state index in [4.69, 9.17) is 58.3 Å². The van der Waals surface area contributed by atoms with Gasteiger partial charge in [0.05, 0.1) is 39.6 Å². The van der Waals surface area contributed by atoms with E-state index in [1.54, 1.807) is 61.7 Å². The first-order valence-corrected chi connectivity index (χ1v) is 39.6. The number of nitrogens with one attached hydrogen (secondary N) is 2. The number of benzene rings is 8. The van der Waals surface area contributed by atoms with Crippen molar-refractivity contribution < 1.29 is 42.8 Å². The van der Waals surface area contributed by atoms with Gasteiger partial charge in [-0.05, 0) is 151 Å². The third-order valence-electron chi connectivity index (χ3n) is 17.9. The van der Waals surface area contributed by atoms with Crippen LogP contribution in [0.25, 0.3) is 89.7 Å². The van der Waals surface area contributed by atoms with Crippen LogP contribution in [0.1, 0.15) is 72.6 Å². The molecule has 5 heterocycles. The maximum atomic E-state index is 14.2. The lowest BCUT2D eigenvalue weighted by atomic mass is 10.1. The number of carbonyl (C=O) groups excluding carboxylic acids is 3. The molecule has 24 heteroatoms. The molecule has 11 aromatic rings. The number of nitrogens with zero attached hydrogens (tertiary/aromatic N) is 9. The van der Waals surface area contributed by atoms with E-state index >= 15 is 0 Å². The standard InChI is InChI=1S/C83H85N11O9S4/c1-7-98-48-42-92(43-49-99-8-2)81(95)54-30-36-58(37-31-54)105-66-27-18-24-63-70(66)78-88-75(63)87-77-69-61(22-16-26-65(69)104-57-20-14-13-15-21-57)73(85-77)84-74-62-23-17-28-67(106-59-38-32-55(33-39-59)82(96)93(44-50-100-9-3)45-51-101-10-4)71(62)79(86-74)91-80-72-64(76(89-78)90-80)25-19-29-68(72)107-60-40-34-56(35-41-60)83(97)94(46-52-102-11-5)47-53-103-12-6/h13-41H,7-12,42-53H2,1-6H3,(H2,84,85,86,87,88,89,90,91). The molecule has 2 aliphatic rings. The Bertz CT molecular complexity index is 5080. The molecule has 3 aromatic heterocycles. The molecule has 8 bridgehead atoms. The smallest absolute Gasteiger partial charge is 0.254 e. The van der Waals surface area contributed by atoms with E-state index in [0.29, 0.717) is 181 Å². The summed E-state index contributed by atoms with van der Waals surface area (Å²) in [6, 6.07) is 57.9. The molecule has 3 amide bonds. The Labute approximate surface area is 639 Å². The van der Waals surface area contributed by atoms with Gasteiger partial charge < -0.3 is 53.1 Å². The number of hydrogen-bond donors (Lipinski definition) is 2. The fraction of sp³-hybridized carbons (Fsp3) is 0.289. The fourth-order valence-corrected chi connectivity index (χ4v) is 16.5. The number of hydrogen-bond acceptors (Lipinski definition) is 19. The average Bonchev–Trinajstić information content (AvgIpc) is 1.59. The van der Waals surface area contributed by atoms with Crippen LogP contribution in [0.2, 0.25) is 0 Å². The average molecular weight is 1510 g/mol. The SMILES string of the molecule is CCOCCN(CCOCC)C(=O)c1ccc(Sc2cccc3c2-c2nc-3nc3[nH]c(nc4nc(nc5[nH]c(n2)c2cccc(Sc6ccc(C(=O)N(CCOCC)CCOCC)cc6)c52)-c2c(Sc5ccc(C(=O)N(CCOCC)CCOCC)cc5)cccc2-4)c2cccc(Sc4ccccc4)c32)cc1. The number of aromatic nitrogens is 8. The lowest BCUT2D eigenvalue weighted by Crippen LogP contribution is -2.36. The molecule has 550 valence electrons. The second kappa shape index (κ2) is 37.0. The van der Waals surface area contributed by atoms with Crippen LogP contribution in [0.3, 0.4) is 0 Å². The highest BCUT2D eigenvalue weighted by molar-refractivity contribution is 8.00. The Morgan fingerprint density at radius 2 is 0.598 bits per heavy atom. The number of rotatable bonds is 35. The minimum absolute atomic E-state index is 0.102. The Kier molecular flexibility index (Phi) is 26.2. The van der Waals surface area contributed by atoms with E-state index in [1.807, 2.05) is 175 Å². The van der Waals surface area contributed by atoms with Crippen LogP contribution in [0.4, 0.5) is 0 Å². The van der Waals surface area contributed by atoms with Gasteiger partial charge in [0.1, 0.15) is 22.6 Å². The molecule has 0 radical (unpaired) electrons. The first-order valence-electron chi connectivity index (χ1n) is 36.3. The normalized spacial score (nSPS) is 11.7. The van der Waals surface area contributed by atoms with E-state index in [2.05, 4.69) is 52.4 Å². The molecule has 2 N–H and O–H groups in total. The van der Waals surface area contributed by atoms with Crippen LogP contribution in [0.15, 0.2) is 215 Å². The van der Waals surface area contributed by atoms with Crippen LogP contribution in [0, 0.1) is 0 Å². The Hall–Kier alpha value is -9.31. The van der Waals surface area contributed by atoms with Crippen LogP contribution < -0.4 is 0 Å². The number of amides is 3. The van der Waals surface area contributed by atoms with Crippen molar-refractivity contribution >= 4 is 109 Å². The molecule has 107 heavy (non-hydrogen) atoms. The van der Waals surface area contributed by atoms with Crippen molar-refractivity contribution in [2.75, 3.05) is 119 Å². The molecule has 0 unspecified atom stereocenters. The summed E-state index contributed by atoms with van der Waals surface area (Å²) in [4.78, 5) is 95.6. The van der Waals surface area contributed by atoms with Gasteiger partial charge in [0.25, 0.3) is 17.7 Å². The van der Waals surface area contributed by atoms with Gasteiger partial charge in [0.15, 0.2) is 23.3 Å². The summed E-state index contributed by atoms with van der Waals surface area (Å²) >= 11 is 6.27. The monoisotopic (exact) mass is 1510 g/mol. The lowest BCUT2D eigenvalue weighted by Gasteiger charge is -2.22. The van der Waals surface area contributed by atoms with Crippen LogP contribution in [-0.4, -0.2) is 191 Å². The van der Waals surface area contributed by atoms with E-state index in [0.717, 1.165) is 83.0 Å². The highest BCUT2D eigenvalue weighted by Crippen LogP contribution is 2.47. The summed E-state index contributed by atoms with van der Waals surface area (Å²) in [6.45, 7) is 20.1. The number of ether oxygens (including phenoxy) is 6. The van der Waals surface area contributed by atoms with Gasteiger partial charge in [0, 0.05) is 179 Å². The highest BCUT2D eigenvalue weighted by Gasteiger charge is 2.29. The third kappa shape index (κ3) is 18.1. The summed E-state index contributed by atoms with van der Waals surface area (Å²) in [5, 5.41) is 3.21. The summed E-state index contributed by atoms with van der Waals surface area (Å²) in [5.74, 6) is 1.38. The summed E-state index contributed by atoms with van der Waals surface area (Å²) < 4.78 is 34.1. The van der Waals surface area contributed by atoms with Crippen LogP contribution >= 0.6 is 47.0 Å². The Balaban J connectivity index is 0.984. The maximum absolute atomic E-state index is 14.2. The number of H-pyrrole nitrogens is 2. The predicted octanol–water partition coefficient (Wildman–Crippen LogP) is 17.0. The van der Waals surface area contributed by atoms with E-state index in [1.165, 1.54) is 0 Å². The van der Waals surface area contributed by atoms with Gasteiger partial charge in [-0.1, -0.05) is 114 Å². The minimum atomic E-state index is -0.108. The summed E-state index contributed by atoms with van der Waals surface area (Å²) in [6.07, 6.45) is 0. The van der Waals surface area contributed by atoms with Crippen molar-refractivity contribution in [1.82, 2.24) is 54.6 Å². The van der Waals surface area contributed by atoms with Gasteiger partial charge in [-0.25, -0.2) is 29.9 Å². The molecule has 0 saturated heterocycles. The van der Waals surface area contributed by atoms with Crippen molar-refractivity contribution in [3.8, 4) is 45.6 Å². The van der Waals surface area contributed by atoms with Crippen molar-refractivity contribution in [2.45, 2.75) is 80.7 Å². The topological polar surface area (TPSA) is 225 Å².